The first-order chi connectivity index (χ1) is 8.49. The zero-order valence-electron chi connectivity index (χ0n) is 10.6. The maximum atomic E-state index is 12.2. The standard InChI is InChI=1S/C14H18INO2/c1-8-3-5-12(9(8)2)16-14(18)11-7-10(15)4-6-13(11)17/h4,6-9,12,17H,3,5H2,1-2H3,(H,16,18). The van der Waals surface area contributed by atoms with Gasteiger partial charge in [0.15, 0.2) is 0 Å². The number of benzene rings is 1. The third-order valence-electron chi connectivity index (χ3n) is 3.98. The number of hydrogen-bond acceptors (Lipinski definition) is 2. The zero-order valence-corrected chi connectivity index (χ0v) is 12.8. The summed E-state index contributed by atoms with van der Waals surface area (Å²) in [6.07, 6.45) is 2.18. The van der Waals surface area contributed by atoms with Gasteiger partial charge in [-0.15, -0.1) is 0 Å². The Balaban J connectivity index is 2.10. The van der Waals surface area contributed by atoms with E-state index >= 15 is 0 Å². The molecule has 1 aromatic rings. The third kappa shape index (κ3) is 2.79. The minimum Gasteiger partial charge on any atom is -0.507 e. The molecule has 0 heterocycles. The number of halogens is 1. The smallest absolute Gasteiger partial charge is 0.255 e. The second-order valence-electron chi connectivity index (χ2n) is 5.16. The van der Waals surface area contributed by atoms with Crippen molar-refractivity contribution >= 4 is 28.5 Å². The molecule has 3 atom stereocenters. The Bertz CT molecular complexity index is 461. The van der Waals surface area contributed by atoms with Crippen molar-refractivity contribution < 1.29 is 9.90 Å². The van der Waals surface area contributed by atoms with E-state index in [-0.39, 0.29) is 17.7 Å². The molecule has 3 unspecified atom stereocenters. The van der Waals surface area contributed by atoms with E-state index in [0.717, 1.165) is 16.4 Å². The summed E-state index contributed by atoms with van der Waals surface area (Å²) in [7, 11) is 0. The van der Waals surface area contributed by atoms with Crippen LogP contribution in [0.1, 0.15) is 37.0 Å². The molecule has 0 radical (unpaired) electrons. The van der Waals surface area contributed by atoms with Gasteiger partial charge in [-0.05, 0) is 65.5 Å². The highest BCUT2D eigenvalue weighted by Crippen LogP contribution is 2.31. The molecule has 2 rings (SSSR count). The summed E-state index contributed by atoms with van der Waals surface area (Å²) in [6, 6.07) is 5.29. The van der Waals surface area contributed by atoms with Gasteiger partial charge in [0.2, 0.25) is 0 Å². The summed E-state index contributed by atoms with van der Waals surface area (Å²) in [6.45, 7) is 4.40. The van der Waals surface area contributed by atoms with Crippen LogP contribution in [0.2, 0.25) is 0 Å². The van der Waals surface area contributed by atoms with Gasteiger partial charge < -0.3 is 10.4 Å². The summed E-state index contributed by atoms with van der Waals surface area (Å²) in [5.41, 5.74) is 0.369. The SMILES string of the molecule is CC1CCC(NC(=O)c2cc(I)ccc2O)C1C. The summed E-state index contributed by atoms with van der Waals surface area (Å²) < 4.78 is 0.948. The lowest BCUT2D eigenvalue weighted by molar-refractivity contribution is 0.0924. The number of aromatic hydroxyl groups is 1. The van der Waals surface area contributed by atoms with Crippen molar-refractivity contribution in [2.45, 2.75) is 32.7 Å². The monoisotopic (exact) mass is 359 g/mol. The average Bonchev–Trinajstić information content (AvgIpc) is 2.64. The van der Waals surface area contributed by atoms with E-state index < -0.39 is 0 Å². The van der Waals surface area contributed by atoms with E-state index in [2.05, 4.69) is 41.8 Å². The molecule has 0 spiro atoms. The molecule has 1 saturated carbocycles. The van der Waals surface area contributed by atoms with E-state index in [1.807, 2.05) is 0 Å². The second kappa shape index (κ2) is 5.47. The van der Waals surface area contributed by atoms with Crippen LogP contribution < -0.4 is 5.32 Å². The molecular formula is C14H18INO2. The number of rotatable bonds is 2. The Morgan fingerprint density at radius 1 is 1.39 bits per heavy atom. The molecule has 0 aromatic heterocycles. The maximum Gasteiger partial charge on any atom is 0.255 e. The Labute approximate surface area is 121 Å². The molecule has 18 heavy (non-hydrogen) atoms. The fourth-order valence-electron chi connectivity index (χ4n) is 2.50. The molecule has 1 aliphatic rings. The minimum atomic E-state index is -0.169. The van der Waals surface area contributed by atoms with Crippen molar-refractivity contribution in [3.8, 4) is 5.75 Å². The topological polar surface area (TPSA) is 49.3 Å². The van der Waals surface area contributed by atoms with Gasteiger partial charge in [-0.3, -0.25) is 4.79 Å². The van der Waals surface area contributed by atoms with Crippen molar-refractivity contribution in [3.05, 3.63) is 27.3 Å². The fraction of sp³-hybridized carbons (Fsp3) is 0.500. The van der Waals surface area contributed by atoms with E-state index in [0.29, 0.717) is 17.4 Å². The molecule has 1 aromatic carbocycles. The lowest BCUT2D eigenvalue weighted by Gasteiger charge is -2.20. The van der Waals surface area contributed by atoms with Crippen LogP contribution in [0.25, 0.3) is 0 Å². The lowest BCUT2D eigenvalue weighted by Crippen LogP contribution is -2.37. The molecular weight excluding hydrogens is 341 g/mol. The van der Waals surface area contributed by atoms with Crippen LogP contribution in [0.15, 0.2) is 18.2 Å². The van der Waals surface area contributed by atoms with Crippen molar-refractivity contribution in [2.75, 3.05) is 0 Å². The maximum absolute atomic E-state index is 12.2. The second-order valence-corrected chi connectivity index (χ2v) is 6.40. The number of phenols is 1. The largest absolute Gasteiger partial charge is 0.507 e. The van der Waals surface area contributed by atoms with E-state index in [4.69, 9.17) is 0 Å². The van der Waals surface area contributed by atoms with Gasteiger partial charge in [-0.2, -0.15) is 0 Å². The van der Waals surface area contributed by atoms with Gasteiger partial charge in [0.25, 0.3) is 5.91 Å². The van der Waals surface area contributed by atoms with Gasteiger partial charge in [0.1, 0.15) is 5.75 Å². The molecule has 0 aliphatic heterocycles. The quantitative estimate of drug-likeness (QED) is 0.797. The molecule has 1 aliphatic carbocycles. The Morgan fingerprint density at radius 3 is 2.72 bits per heavy atom. The summed E-state index contributed by atoms with van der Waals surface area (Å²) in [4.78, 5) is 12.2. The summed E-state index contributed by atoms with van der Waals surface area (Å²) in [5.74, 6) is 1.03. The van der Waals surface area contributed by atoms with Gasteiger partial charge in [0.05, 0.1) is 5.56 Å². The van der Waals surface area contributed by atoms with Crippen LogP contribution >= 0.6 is 22.6 Å². The van der Waals surface area contributed by atoms with Crippen molar-refractivity contribution in [3.63, 3.8) is 0 Å². The van der Waals surface area contributed by atoms with E-state index in [1.165, 1.54) is 0 Å². The number of carbonyl (C=O) groups is 1. The lowest BCUT2D eigenvalue weighted by atomic mass is 9.97. The van der Waals surface area contributed by atoms with Crippen molar-refractivity contribution in [2.24, 2.45) is 11.8 Å². The average molecular weight is 359 g/mol. The van der Waals surface area contributed by atoms with Crippen LogP contribution in [-0.4, -0.2) is 17.1 Å². The molecule has 0 saturated heterocycles. The molecule has 98 valence electrons. The molecule has 1 amide bonds. The van der Waals surface area contributed by atoms with Crippen molar-refractivity contribution in [1.29, 1.82) is 0 Å². The summed E-state index contributed by atoms with van der Waals surface area (Å²) in [5, 5.41) is 12.8. The Hall–Kier alpha value is -0.780. The van der Waals surface area contributed by atoms with Gasteiger partial charge in [-0.25, -0.2) is 0 Å². The van der Waals surface area contributed by atoms with Crippen LogP contribution in [-0.2, 0) is 0 Å². The van der Waals surface area contributed by atoms with Crippen LogP contribution in [0.4, 0.5) is 0 Å². The number of phenolic OH excluding ortho intramolecular Hbond substituents is 1. The van der Waals surface area contributed by atoms with Crippen LogP contribution in [0.3, 0.4) is 0 Å². The van der Waals surface area contributed by atoms with Crippen LogP contribution in [0, 0.1) is 15.4 Å². The van der Waals surface area contributed by atoms with E-state index in [1.54, 1.807) is 18.2 Å². The van der Waals surface area contributed by atoms with Crippen LogP contribution in [0.5, 0.6) is 5.75 Å². The number of carbonyl (C=O) groups excluding carboxylic acids is 1. The number of nitrogens with one attached hydrogen (secondary N) is 1. The first-order valence-electron chi connectivity index (χ1n) is 6.28. The molecule has 2 N–H and O–H groups in total. The van der Waals surface area contributed by atoms with E-state index in [9.17, 15) is 9.90 Å². The molecule has 4 heteroatoms. The predicted molar refractivity (Wildman–Crippen MR) is 79.6 cm³/mol. The first kappa shape index (κ1) is 13.6. The van der Waals surface area contributed by atoms with Gasteiger partial charge in [0, 0.05) is 9.61 Å². The molecule has 0 bridgehead atoms. The molecule has 1 fully saturated rings. The summed E-state index contributed by atoms with van der Waals surface area (Å²) >= 11 is 2.14. The number of amides is 1. The Kier molecular flexibility index (Phi) is 4.14. The van der Waals surface area contributed by atoms with Crippen molar-refractivity contribution in [1.82, 2.24) is 5.32 Å². The highest BCUT2D eigenvalue weighted by molar-refractivity contribution is 14.1. The fourth-order valence-corrected chi connectivity index (χ4v) is 3.00. The van der Waals surface area contributed by atoms with Gasteiger partial charge in [-0.1, -0.05) is 13.8 Å². The minimum absolute atomic E-state index is 0.0478. The number of hydrogen-bond donors (Lipinski definition) is 2. The third-order valence-corrected chi connectivity index (χ3v) is 4.66. The Morgan fingerprint density at radius 2 is 2.11 bits per heavy atom. The highest BCUT2D eigenvalue weighted by atomic mass is 127. The first-order valence-corrected chi connectivity index (χ1v) is 7.36. The zero-order chi connectivity index (χ0) is 13.3. The molecule has 3 nitrogen and oxygen atoms in total. The predicted octanol–water partition coefficient (Wildman–Crippen LogP) is 3.16. The highest BCUT2D eigenvalue weighted by Gasteiger charge is 2.31. The van der Waals surface area contributed by atoms with Gasteiger partial charge >= 0.3 is 0 Å². The normalized spacial score (nSPS) is 27.2.